The van der Waals surface area contributed by atoms with Crippen LogP contribution in [0.4, 0.5) is 0 Å². The molecule has 1 amide bonds. The van der Waals surface area contributed by atoms with Gasteiger partial charge in [-0.15, -0.1) is 0 Å². The monoisotopic (exact) mass is 236 g/mol. The molecule has 0 heterocycles. The quantitative estimate of drug-likeness (QED) is 0.811. The predicted molar refractivity (Wildman–Crippen MR) is 67.8 cm³/mol. The lowest BCUT2D eigenvalue weighted by atomic mass is 10.1. The number of aryl methyl sites for hydroxylation is 1. The lowest BCUT2D eigenvalue weighted by molar-refractivity contribution is -0.119. The number of nitrogens with one attached hydrogen (secondary N) is 1. The second-order valence-electron chi connectivity index (χ2n) is 4.25. The molecule has 0 saturated heterocycles. The molecule has 0 fully saturated rings. The summed E-state index contributed by atoms with van der Waals surface area (Å²) in [6.07, 6.45) is 0.163. The molecule has 0 unspecified atom stereocenters. The second-order valence-corrected chi connectivity index (χ2v) is 4.25. The Balaban J connectivity index is 2.65. The molecular formula is C13H20N2O2. The van der Waals surface area contributed by atoms with E-state index in [1.165, 1.54) is 0 Å². The summed E-state index contributed by atoms with van der Waals surface area (Å²) >= 11 is 0. The molecule has 94 valence electrons. The van der Waals surface area contributed by atoms with Crippen LogP contribution in [0.15, 0.2) is 18.2 Å². The summed E-state index contributed by atoms with van der Waals surface area (Å²) < 4.78 is 5.64. The lowest BCUT2D eigenvalue weighted by Gasteiger charge is -2.13. The van der Waals surface area contributed by atoms with Gasteiger partial charge in [0.25, 0.3) is 0 Å². The smallest absolute Gasteiger partial charge is 0.234 e. The Morgan fingerprint density at radius 3 is 2.71 bits per heavy atom. The van der Waals surface area contributed by atoms with E-state index in [0.717, 1.165) is 16.9 Å². The number of ether oxygens (including phenoxy) is 1. The number of amides is 1. The van der Waals surface area contributed by atoms with Crippen molar-refractivity contribution in [1.29, 1.82) is 0 Å². The van der Waals surface area contributed by atoms with Gasteiger partial charge >= 0.3 is 0 Å². The van der Waals surface area contributed by atoms with Crippen LogP contribution >= 0.6 is 0 Å². The summed E-state index contributed by atoms with van der Waals surface area (Å²) in [7, 11) is 0. The van der Waals surface area contributed by atoms with Crippen LogP contribution in [0.5, 0.6) is 5.75 Å². The predicted octanol–water partition coefficient (Wildman–Crippen LogP) is 1.36. The van der Waals surface area contributed by atoms with Gasteiger partial charge in [0.2, 0.25) is 5.91 Å². The van der Waals surface area contributed by atoms with E-state index < -0.39 is 0 Å². The highest BCUT2D eigenvalue weighted by Gasteiger charge is 2.04. The van der Waals surface area contributed by atoms with Crippen molar-refractivity contribution in [2.75, 3.05) is 6.54 Å². The molecule has 17 heavy (non-hydrogen) atoms. The van der Waals surface area contributed by atoms with Crippen molar-refractivity contribution in [3.8, 4) is 5.75 Å². The van der Waals surface area contributed by atoms with Gasteiger partial charge in [-0.25, -0.2) is 0 Å². The number of benzene rings is 1. The molecule has 1 rings (SSSR count). The Labute approximate surface area is 102 Å². The maximum Gasteiger partial charge on any atom is 0.234 e. The van der Waals surface area contributed by atoms with Crippen LogP contribution in [0.1, 0.15) is 25.0 Å². The van der Waals surface area contributed by atoms with Gasteiger partial charge in [-0.05, 0) is 38.0 Å². The van der Waals surface area contributed by atoms with E-state index in [1.807, 2.05) is 39.0 Å². The van der Waals surface area contributed by atoms with Crippen LogP contribution in [0.3, 0.4) is 0 Å². The zero-order chi connectivity index (χ0) is 12.8. The Bertz CT molecular complexity index is 389. The van der Waals surface area contributed by atoms with Gasteiger partial charge in [0, 0.05) is 6.54 Å². The molecule has 1 aromatic rings. The first-order chi connectivity index (χ1) is 8.02. The lowest BCUT2D eigenvalue weighted by Crippen LogP contribution is -2.29. The fourth-order valence-corrected chi connectivity index (χ4v) is 1.48. The minimum absolute atomic E-state index is 0.0214. The molecule has 0 bridgehead atoms. The van der Waals surface area contributed by atoms with E-state index in [1.54, 1.807) is 0 Å². The standard InChI is InChI=1S/C13H20N2O2/c1-9(2)17-12-5-4-11(6-10(12)3)8-15-13(16)7-14/h4-6,9H,7-8,14H2,1-3H3,(H,15,16). The average molecular weight is 236 g/mol. The van der Waals surface area contributed by atoms with Crippen LogP contribution in [-0.4, -0.2) is 18.6 Å². The molecule has 4 nitrogen and oxygen atoms in total. The number of rotatable bonds is 5. The number of nitrogens with two attached hydrogens (primary N) is 1. The summed E-state index contributed by atoms with van der Waals surface area (Å²) in [6, 6.07) is 5.88. The van der Waals surface area contributed by atoms with Gasteiger partial charge < -0.3 is 15.8 Å². The molecule has 3 N–H and O–H groups in total. The maximum atomic E-state index is 11.0. The van der Waals surface area contributed by atoms with Gasteiger partial charge in [-0.2, -0.15) is 0 Å². The molecule has 0 atom stereocenters. The largest absolute Gasteiger partial charge is 0.491 e. The molecule has 0 aromatic heterocycles. The highest BCUT2D eigenvalue weighted by Crippen LogP contribution is 2.20. The highest BCUT2D eigenvalue weighted by atomic mass is 16.5. The van der Waals surface area contributed by atoms with Gasteiger partial charge in [0.05, 0.1) is 12.6 Å². The van der Waals surface area contributed by atoms with Gasteiger partial charge in [-0.3, -0.25) is 4.79 Å². The van der Waals surface area contributed by atoms with Crippen molar-refractivity contribution in [3.05, 3.63) is 29.3 Å². The van der Waals surface area contributed by atoms with Gasteiger partial charge in [0.15, 0.2) is 0 Å². The van der Waals surface area contributed by atoms with Crippen LogP contribution in [0, 0.1) is 6.92 Å². The highest BCUT2D eigenvalue weighted by molar-refractivity contribution is 5.77. The maximum absolute atomic E-state index is 11.0. The van der Waals surface area contributed by atoms with Crippen molar-refractivity contribution < 1.29 is 9.53 Å². The van der Waals surface area contributed by atoms with Crippen molar-refractivity contribution in [2.24, 2.45) is 5.73 Å². The number of hydrogen-bond donors (Lipinski definition) is 2. The Kier molecular flexibility index (Phi) is 4.97. The van der Waals surface area contributed by atoms with Gasteiger partial charge in [0.1, 0.15) is 5.75 Å². The summed E-state index contributed by atoms with van der Waals surface area (Å²) in [6.45, 7) is 6.50. The van der Waals surface area contributed by atoms with E-state index in [9.17, 15) is 4.79 Å². The first kappa shape index (κ1) is 13.5. The summed E-state index contributed by atoms with van der Waals surface area (Å²) in [5, 5.41) is 2.73. The van der Waals surface area contributed by atoms with Crippen molar-refractivity contribution >= 4 is 5.91 Å². The zero-order valence-corrected chi connectivity index (χ0v) is 10.6. The molecule has 0 aliphatic heterocycles. The molecule has 0 aliphatic rings. The number of carbonyl (C=O) groups is 1. The SMILES string of the molecule is Cc1cc(CNC(=O)CN)ccc1OC(C)C. The van der Waals surface area contributed by atoms with Crippen molar-refractivity contribution in [1.82, 2.24) is 5.32 Å². The minimum Gasteiger partial charge on any atom is -0.491 e. The molecule has 0 aliphatic carbocycles. The third kappa shape index (κ3) is 4.44. The molecular weight excluding hydrogens is 216 g/mol. The Hall–Kier alpha value is -1.55. The first-order valence-electron chi connectivity index (χ1n) is 5.76. The normalized spacial score (nSPS) is 10.4. The molecule has 0 spiro atoms. The van der Waals surface area contributed by atoms with E-state index in [4.69, 9.17) is 10.5 Å². The van der Waals surface area contributed by atoms with Crippen LogP contribution in [0.2, 0.25) is 0 Å². The summed E-state index contributed by atoms with van der Waals surface area (Å²) in [5.41, 5.74) is 7.32. The topological polar surface area (TPSA) is 64.4 Å². The van der Waals surface area contributed by atoms with Gasteiger partial charge in [-0.1, -0.05) is 12.1 Å². The number of carbonyl (C=O) groups excluding carboxylic acids is 1. The fraction of sp³-hybridized carbons (Fsp3) is 0.462. The molecule has 0 radical (unpaired) electrons. The Morgan fingerprint density at radius 1 is 1.47 bits per heavy atom. The van der Waals surface area contributed by atoms with E-state index in [0.29, 0.717) is 6.54 Å². The van der Waals surface area contributed by atoms with E-state index >= 15 is 0 Å². The molecule has 4 heteroatoms. The summed E-state index contributed by atoms with van der Waals surface area (Å²) in [4.78, 5) is 11.0. The van der Waals surface area contributed by atoms with E-state index in [-0.39, 0.29) is 18.6 Å². The van der Waals surface area contributed by atoms with E-state index in [2.05, 4.69) is 5.32 Å². The number of hydrogen-bond acceptors (Lipinski definition) is 3. The van der Waals surface area contributed by atoms with Crippen molar-refractivity contribution in [2.45, 2.75) is 33.4 Å². The average Bonchev–Trinajstić information content (AvgIpc) is 2.28. The minimum atomic E-state index is -0.148. The third-order valence-corrected chi connectivity index (χ3v) is 2.28. The van der Waals surface area contributed by atoms with Crippen LogP contribution in [0.25, 0.3) is 0 Å². The van der Waals surface area contributed by atoms with Crippen molar-refractivity contribution in [3.63, 3.8) is 0 Å². The fourth-order valence-electron chi connectivity index (χ4n) is 1.48. The molecule has 1 aromatic carbocycles. The van der Waals surface area contributed by atoms with Crippen LogP contribution in [-0.2, 0) is 11.3 Å². The van der Waals surface area contributed by atoms with Crippen LogP contribution < -0.4 is 15.8 Å². The zero-order valence-electron chi connectivity index (χ0n) is 10.6. The summed E-state index contributed by atoms with van der Waals surface area (Å²) in [5.74, 6) is 0.735. The third-order valence-electron chi connectivity index (χ3n) is 2.28. The Morgan fingerprint density at radius 2 is 2.18 bits per heavy atom. The first-order valence-corrected chi connectivity index (χ1v) is 5.76. The second kappa shape index (κ2) is 6.25. The molecule has 0 saturated carbocycles.